The lowest BCUT2D eigenvalue weighted by molar-refractivity contribution is 0.0697. The summed E-state index contributed by atoms with van der Waals surface area (Å²) in [7, 11) is 0. The lowest BCUT2D eigenvalue weighted by Crippen LogP contribution is -2.01. The van der Waals surface area contributed by atoms with Crippen LogP contribution in [0.5, 0.6) is 0 Å². The second kappa shape index (κ2) is 6.99. The Kier molecular flexibility index (Phi) is 4.79. The molecule has 122 valence electrons. The molecular weight excluding hydrogens is 349 g/mol. The minimum atomic E-state index is -1.05. The Labute approximate surface area is 148 Å². The van der Waals surface area contributed by atoms with E-state index in [2.05, 4.69) is 5.32 Å². The molecule has 0 spiro atoms. The third-order valence-corrected chi connectivity index (χ3v) is 3.98. The smallest absolute Gasteiger partial charge is 0.337 e. The topological polar surface area (TPSA) is 62.5 Å². The van der Waals surface area contributed by atoms with Crippen LogP contribution < -0.4 is 5.32 Å². The highest BCUT2D eigenvalue weighted by Crippen LogP contribution is 2.26. The SMILES string of the molecule is O=C(O)c1ccc(NCc2ccc(-c3cccc(Cl)c3)o2)cc1Cl. The van der Waals surface area contributed by atoms with Crippen molar-refractivity contribution in [1.29, 1.82) is 0 Å². The molecule has 0 unspecified atom stereocenters. The van der Waals surface area contributed by atoms with E-state index >= 15 is 0 Å². The van der Waals surface area contributed by atoms with E-state index < -0.39 is 5.97 Å². The average molecular weight is 362 g/mol. The number of hydrogen-bond acceptors (Lipinski definition) is 3. The van der Waals surface area contributed by atoms with E-state index in [4.69, 9.17) is 32.7 Å². The summed E-state index contributed by atoms with van der Waals surface area (Å²) in [6.45, 7) is 0.448. The molecule has 1 heterocycles. The van der Waals surface area contributed by atoms with Crippen molar-refractivity contribution >= 4 is 34.9 Å². The van der Waals surface area contributed by atoms with Crippen LogP contribution in [0.1, 0.15) is 16.1 Å². The number of rotatable bonds is 5. The highest BCUT2D eigenvalue weighted by atomic mass is 35.5. The van der Waals surface area contributed by atoms with Gasteiger partial charge in [0.2, 0.25) is 0 Å². The Hall–Kier alpha value is -2.43. The number of aromatic carboxylic acids is 1. The van der Waals surface area contributed by atoms with Crippen molar-refractivity contribution in [2.24, 2.45) is 0 Å². The van der Waals surface area contributed by atoms with Crippen molar-refractivity contribution in [2.45, 2.75) is 6.54 Å². The zero-order chi connectivity index (χ0) is 17.1. The molecule has 0 fully saturated rings. The van der Waals surface area contributed by atoms with Crippen LogP contribution in [0.15, 0.2) is 59.0 Å². The van der Waals surface area contributed by atoms with Crippen LogP contribution in [0, 0.1) is 0 Å². The number of carboxylic acids is 1. The molecule has 2 aromatic carbocycles. The zero-order valence-electron chi connectivity index (χ0n) is 12.4. The maximum atomic E-state index is 10.9. The molecule has 0 bridgehead atoms. The van der Waals surface area contributed by atoms with Crippen molar-refractivity contribution < 1.29 is 14.3 Å². The van der Waals surface area contributed by atoms with Gasteiger partial charge in [0, 0.05) is 16.3 Å². The molecule has 2 N–H and O–H groups in total. The first-order chi connectivity index (χ1) is 11.5. The zero-order valence-corrected chi connectivity index (χ0v) is 13.9. The van der Waals surface area contributed by atoms with Crippen LogP contribution in [-0.4, -0.2) is 11.1 Å². The summed E-state index contributed by atoms with van der Waals surface area (Å²) in [4.78, 5) is 10.9. The van der Waals surface area contributed by atoms with Crippen LogP contribution >= 0.6 is 23.2 Å². The third kappa shape index (κ3) is 3.72. The van der Waals surface area contributed by atoms with E-state index in [0.29, 0.717) is 17.3 Å². The second-order valence-electron chi connectivity index (χ2n) is 5.13. The second-order valence-corrected chi connectivity index (χ2v) is 5.97. The van der Waals surface area contributed by atoms with Gasteiger partial charge in [-0.2, -0.15) is 0 Å². The van der Waals surface area contributed by atoms with Crippen LogP contribution in [0.4, 0.5) is 5.69 Å². The molecule has 0 saturated heterocycles. The molecule has 0 saturated carbocycles. The lowest BCUT2D eigenvalue weighted by Gasteiger charge is -2.06. The molecule has 4 nitrogen and oxygen atoms in total. The number of halogens is 2. The van der Waals surface area contributed by atoms with Gasteiger partial charge in [-0.3, -0.25) is 0 Å². The molecule has 0 radical (unpaired) electrons. The first-order valence-electron chi connectivity index (χ1n) is 7.14. The molecule has 0 atom stereocenters. The molecule has 6 heteroatoms. The number of carbonyl (C=O) groups is 1. The Morgan fingerprint density at radius 1 is 1.08 bits per heavy atom. The first kappa shape index (κ1) is 16.4. The third-order valence-electron chi connectivity index (χ3n) is 3.44. The van der Waals surface area contributed by atoms with Crippen molar-refractivity contribution in [1.82, 2.24) is 0 Å². The molecule has 0 aliphatic carbocycles. The van der Waals surface area contributed by atoms with Crippen LogP contribution in [0.25, 0.3) is 11.3 Å². The molecule has 24 heavy (non-hydrogen) atoms. The van der Waals surface area contributed by atoms with Gasteiger partial charge in [-0.15, -0.1) is 0 Å². The molecule has 3 rings (SSSR count). The summed E-state index contributed by atoms with van der Waals surface area (Å²) in [5.41, 5.74) is 1.69. The summed E-state index contributed by atoms with van der Waals surface area (Å²) in [5, 5.41) is 12.9. The number of carboxylic acid groups (broad SMARTS) is 1. The summed E-state index contributed by atoms with van der Waals surface area (Å²) >= 11 is 11.9. The number of hydrogen-bond donors (Lipinski definition) is 2. The number of nitrogens with one attached hydrogen (secondary N) is 1. The predicted octanol–water partition coefficient (Wildman–Crippen LogP) is 5.56. The van der Waals surface area contributed by atoms with E-state index in [1.54, 1.807) is 18.2 Å². The maximum absolute atomic E-state index is 10.9. The minimum absolute atomic E-state index is 0.0726. The van der Waals surface area contributed by atoms with E-state index in [9.17, 15) is 4.79 Å². The normalized spacial score (nSPS) is 10.6. The quantitative estimate of drug-likeness (QED) is 0.623. The van der Waals surface area contributed by atoms with Crippen molar-refractivity contribution in [3.05, 3.63) is 76.0 Å². The number of anilines is 1. The van der Waals surface area contributed by atoms with E-state index in [0.717, 1.165) is 17.1 Å². The van der Waals surface area contributed by atoms with E-state index in [1.807, 2.05) is 30.3 Å². The Morgan fingerprint density at radius 3 is 2.62 bits per heavy atom. The molecule has 1 aromatic heterocycles. The maximum Gasteiger partial charge on any atom is 0.337 e. The molecular formula is C18H13Cl2NO3. The van der Waals surface area contributed by atoms with Gasteiger partial charge in [-0.05, 0) is 42.5 Å². The monoisotopic (exact) mass is 361 g/mol. The summed E-state index contributed by atoms with van der Waals surface area (Å²) in [6.07, 6.45) is 0. The summed E-state index contributed by atoms with van der Waals surface area (Å²) < 4.78 is 5.79. The van der Waals surface area contributed by atoms with Crippen LogP contribution in [-0.2, 0) is 6.54 Å². The first-order valence-corrected chi connectivity index (χ1v) is 7.90. The largest absolute Gasteiger partial charge is 0.478 e. The highest BCUT2D eigenvalue weighted by Gasteiger charge is 2.09. The fourth-order valence-electron chi connectivity index (χ4n) is 2.26. The Morgan fingerprint density at radius 2 is 1.92 bits per heavy atom. The molecule has 0 amide bonds. The van der Waals surface area contributed by atoms with E-state index in [1.165, 1.54) is 6.07 Å². The van der Waals surface area contributed by atoms with Gasteiger partial charge in [-0.25, -0.2) is 4.79 Å². The van der Waals surface area contributed by atoms with Gasteiger partial charge >= 0.3 is 5.97 Å². The fourth-order valence-corrected chi connectivity index (χ4v) is 2.71. The Balaban J connectivity index is 1.70. The number of furan rings is 1. The van der Waals surface area contributed by atoms with Crippen molar-refractivity contribution in [3.8, 4) is 11.3 Å². The van der Waals surface area contributed by atoms with Crippen LogP contribution in [0.3, 0.4) is 0 Å². The summed E-state index contributed by atoms with van der Waals surface area (Å²) in [6, 6.07) is 15.9. The van der Waals surface area contributed by atoms with Crippen molar-refractivity contribution in [2.75, 3.05) is 5.32 Å². The van der Waals surface area contributed by atoms with Crippen LogP contribution in [0.2, 0.25) is 10.0 Å². The fraction of sp³-hybridized carbons (Fsp3) is 0.0556. The van der Waals surface area contributed by atoms with Gasteiger partial charge in [-0.1, -0.05) is 35.3 Å². The predicted molar refractivity (Wildman–Crippen MR) is 94.9 cm³/mol. The van der Waals surface area contributed by atoms with Gasteiger partial charge in [0.15, 0.2) is 0 Å². The molecule has 3 aromatic rings. The average Bonchev–Trinajstić information content (AvgIpc) is 3.01. The number of benzene rings is 2. The molecule has 0 aliphatic heterocycles. The lowest BCUT2D eigenvalue weighted by atomic mass is 10.2. The van der Waals surface area contributed by atoms with E-state index in [-0.39, 0.29) is 10.6 Å². The highest BCUT2D eigenvalue weighted by molar-refractivity contribution is 6.33. The van der Waals surface area contributed by atoms with Crippen molar-refractivity contribution in [3.63, 3.8) is 0 Å². The van der Waals surface area contributed by atoms with Gasteiger partial charge in [0.05, 0.1) is 17.1 Å². The van der Waals surface area contributed by atoms with Gasteiger partial charge < -0.3 is 14.8 Å². The minimum Gasteiger partial charge on any atom is -0.478 e. The van der Waals surface area contributed by atoms with Gasteiger partial charge in [0.25, 0.3) is 0 Å². The van der Waals surface area contributed by atoms with Gasteiger partial charge in [0.1, 0.15) is 11.5 Å². The molecule has 0 aliphatic rings. The standard InChI is InChI=1S/C18H13Cl2NO3/c19-12-3-1-2-11(8-12)17-7-5-14(24-17)10-21-13-4-6-15(18(22)23)16(20)9-13/h1-9,21H,10H2,(H,22,23). The Bertz CT molecular complexity index is 889. The summed E-state index contributed by atoms with van der Waals surface area (Å²) in [5.74, 6) is 0.417.